The molecule has 0 aliphatic carbocycles. The highest BCUT2D eigenvalue weighted by Gasteiger charge is 2.37. The van der Waals surface area contributed by atoms with Gasteiger partial charge < -0.3 is 15.2 Å². The third-order valence-electron chi connectivity index (χ3n) is 4.68. The maximum atomic E-state index is 12.3. The van der Waals surface area contributed by atoms with Gasteiger partial charge in [0.15, 0.2) is 0 Å². The van der Waals surface area contributed by atoms with Crippen LogP contribution in [0.25, 0.3) is 0 Å². The van der Waals surface area contributed by atoms with Crippen molar-refractivity contribution in [3.8, 4) is 0 Å². The molecule has 0 radical (unpaired) electrons. The van der Waals surface area contributed by atoms with Crippen molar-refractivity contribution in [3.05, 3.63) is 35.4 Å². The summed E-state index contributed by atoms with van der Waals surface area (Å²) in [6, 6.07) is 7.51. The Labute approximate surface area is 149 Å². The number of nitrogens with one attached hydrogen (secondary N) is 1. The van der Waals surface area contributed by atoms with Gasteiger partial charge in [0, 0.05) is 13.0 Å². The van der Waals surface area contributed by atoms with Crippen molar-refractivity contribution in [2.45, 2.75) is 51.3 Å². The molecule has 2 N–H and O–H groups in total. The smallest absolute Gasteiger partial charge is 0.323 e. The first-order valence-corrected chi connectivity index (χ1v) is 8.71. The number of methoxy groups -OCH3 is 1. The molecule has 0 aromatic heterocycles. The van der Waals surface area contributed by atoms with E-state index in [1.165, 1.54) is 12.7 Å². The number of amides is 1. The monoisotopic (exact) mass is 348 g/mol. The van der Waals surface area contributed by atoms with E-state index in [0.29, 0.717) is 18.9 Å². The molecule has 1 heterocycles. The molecular formula is C19H28N2O4. The highest BCUT2D eigenvalue weighted by Crippen LogP contribution is 2.20. The molecule has 1 amide bonds. The number of aliphatic hydroxyl groups excluding tert-OH is 1. The van der Waals surface area contributed by atoms with E-state index in [1.807, 2.05) is 19.1 Å². The standard InChI is InChI=1S/C19H28N2O4/c1-12(2)14-5-7-15(8-6-14)13(3)20-18(23)11-21-10-16(22)9-17(21)19(24)25-4/h5-8,12-13,16-17,22H,9-11H2,1-4H3,(H,20,23)/t13?,16-,17-/m1/s1. The van der Waals surface area contributed by atoms with Crippen LogP contribution in [0.15, 0.2) is 24.3 Å². The fourth-order valence-corrected chi connectivity index (χ4v) is 3.16. The zero-order valence-corrected chi connectivity index (χ0v) is 15.4. The molecule has 0 bridgehead atoms. The Bertz CT molecular complexity index is 600. The number of esters is 1. The molecule has 1 saturated heterocycles. The van der Waals surface area contributed by atoms with Gasteiger partial charge in [0.2, 0.25) is 5.91 Å². The number of ether oxygens (including phenoxy) is 1. The number of likely N-dealkylation sites (tertiary alicyclic amines) is 1. The molecule has 138 valence electrons. The molecule has 0 spiro atoms. The number of nitrogens with zero attached hydrogens (tertiary/aromatic N) is 1. The first-order valence-electron chi connectivity index (χ1n) is 8.71. The van der Waals surface area contributed by atoms with Crippen LogP contribution in [0.3, 0.4) is 0 Å². The minimum Gasteiger partial charge on any atom is -0.468 e. The van der Waals surface area contributed by atoms with Gasteiger partial charge in [-0.3, -0.25) is 14.5 Å². The third kappa shape index (κ3) is 5.03. The van der Waals surface area contributed by atoms with Gasteiger partial charge in [0.25, 0.3) is 0 Å². The average Bonchev–Trinajstić information content (AvgIpc) is 2.94. The number of carbonyl (C=O) groups excluding carboxylic acids is 2. The Morgan fingerprint density at radius 2 is 1.84 bits per heavy atom. The molecular weight excluding hydrogens is 320 g/mol. The average molecular weight is 348 g/mol. The number of rotatable bonds is 6. The zero-order chi connectivity index (χ0) is 18.6. The summed E-state index contributed by atoms with van der Waals surface area (Å²) in [5.74, 6) is -0.124. The Morgan fingerprint density at radius 1 is 1.24 bits per heavy atom. The second-order valence-electron chi connectivity index (χ2n) is 6.97. The molecule has 6 nitrogen and oxygen atoms in total. The van der Waals surface area contributed by atoms with E-state index in [2.05, 4.69) is 31.3 Å². The zero-order valence-electron chi connectivity index (χ0n) is 15.4. The minimum absolute atomic E-state index is 0.0608. The summed E-state index contributed by atoms with van der Waals surface area (Å²) in [6.07, 6.45) is -0.315. The topological polar surface area (TPSA) is 78.9 Å². The van der Waals surface area contributed by atoms with Crippen molar-refractivity contribution in [3.63, 3.8) is 0 Å². The Kier molecular flexibility index (Phi) is 6.56. The first kappa shape index (κ1) is 19.4. The Morgan fingerprint density at radius 3 is 2.40 bits per heavy atom. The van der Waals surface area contributed by atoms with Crippen molar-refractivity contribution in [2.75, 3.05) is 20.2 Å². The van der Waals surface area contributed by atoms with Gasteiger partial charge in [-0.2, -0.15) is 0 Å². The predicted molar refractivity (Wildman–Crippen MR) is 95.1 cm³/mol. The lowest BCUT2D eigenvalue weighted by atomic mass is 9.99. The van der Waals surface area contributed by atoms with Crippen molar-refractivity contribution in [2.24, 2.45) is 0 Å². The van der Waals surface area contributed by atoms with E-state index in [9.17, 15) is 14.7 Å². The summed E-state index contributed by atoms with van der Waals surface area (Å²) in [4.78, 5) is 25.8. The maximum absolute atomic E-state index is 12.3. The number of β-amino-alcohol motifs (C(OH)–C–C–N with tert-alkyl or cyclic N) is 1. The molecule has 1 unspecified atom stereocenters. The fraction of sp³-hybridized carbons (Fsp3) is 0.579. The van der Waals surface area contributed by atoms with E-state index in [0.717, 1.165) is 5.56 Å². The largest absolute Gasteiger partial charge is 0.468 e. The molecule has 1 aliphatic rings. The summed E-state index contributed by atoms with van der Waals surface area (Å²) in [5.41, 5.74) is 2.29. The maximum Gasteiger partial charge on any atom is 0.323 e. The molecule has 1 aromatic carbocycles. The second kappa shape index (κ2) is 8.45. The summed E-state index contributed by atoms with van der Waals surface area (Å²) in [5, 5.41) is 12.7. The van der Waals surface area contributed by atoms with Gasteiger partial charge >= 0.3 is 5.97 Å². The lowest BCUT2D eigenvalue weighted by Gasteiger charge is -2.23. The summed E-state index contributed by atoms with van der Waals surface area (Å²) in [6.45, 7) is 6.57. The molecule has 3 atom stereocenters. The molecule has 0 saturated carbocycles. The van der Waals surface area contributed by atoms with E-state index in [-0.39, 0.29) is 18.5 Å². The number of carbonyl (C=O) groups is 2. The van der Waals surface area contributed by atoms with Gasteiger partial charge in [0.05, 0.1) is 25.8 Å². The number of hydrogen-bond acceptors (Lipinski definition) is 5. The molecule has 1 aliphatic heterocycles. The number of hydrogen-bond donors (Lipinski definition) is 2. The second-order valence-corrected chi connectivity index (χ2v) is 6.97. The first-order chi connectivity index (χ1) is 11.8. The van der Waals surface area contributed by atoms with E-state index < -0.39 is 18.1 Å². The normalized spacial score (nSPS) is 22.0. The van der Waals surface area contributed by atoms with Crippen LogP contribution in [-0.2, 0) is 14.3 Å². The molecule has 1 aromatic rings. The van der Waals surface area contributed by atoms with Crippen molar-refractivity contribution >= 4 is 11.9 Å². The summed E-state index contributed by atoms with van der Waals surface area (Å²) in [7, 11) is 1.31. The fourth-order valence-electron chi connectivity index (χ4n) is 3.16. The molecule has 6 heteroatoms. The van der Waals surface area contributed by atoms with E-state index >= 15 is 0 Å². The highest BCUT2D eigenvalue weighted by molar-refractivity contribution is 5.81. The van der Waals surface area contributed by atoms with Crippen LogP contribution in [0.2, 0.25) is 0 Å². The van der Waals surface area contributed by atoms with Crippen LogP contribution >= 0.6 is 0 Å². The van der Waals surface area contributed by atoms with Gasteiger partial charge in [0.1, 0.15) is 6.04 Å². The number of aliphatic hydroxyl groups is 1. The van der Waals surface area contributed by atoms with Crippen LogP contribution in [0, 0.1) is 0 Å². The molecule has 2 rings (SSSR count). The summed E-state index contributed by atoms with van der Waals surface area (Å²) >= 11 is 0. The third-order valence-corrected chi connectivity index (χ3v) is 4.68. The van der Waals surface area contributed by atoms with Gasteiger partial charge in [-0.25, -0.2) is 0 Å². The van der Waals surface area contributed by atoms with Crippen LogP contribution in [-0.4, -0.2) is 54.2 Å². The lowest BCUT2D eigenvalue weighted by molar-refractivity contribution is -0.146. The quantitative estimate of drug-likeness (QED) is 0.764. The number of benzene rings is 1. The molecule has 25 heavy (non-hydrogen) atoms. The van der Waals surface area contributed by atoms with Gasteiger partial charge in [-0.1, -0.05) is 38.1 Å². The van der Waals surface area contributed by atoms with Crippen LogP contribution < -0.4 is 5.32 Å². The van der Waals surface area contributed by atoms with Gasteiger partial charge in [-0.05, 0) is 24.0 Å². The predicted octanol–water partition coefficient (Wildman–Crippen LogP) is 1.60. The molecule has 1 fully saturated rings. The van der Waals surface area contributed by atoms with E-state index in [4.69, 9.17) is 4.74 Å². The van der Waals surface area contributed by atoms with Crippen molar-refractivity contribution in [1.29, 1.82) is 0 Å². The van der Waals surface area contributed by atoms with Crippen molar-refractivity contribution in [1.82, 2.24) is 10.2 Å². The SMILES string of the molecule is COC(=O)[C@H]1C[C@@H](O)CN1CC(=O)NC(C)c1ccc(C(C)C)cc1. The summed E-state index contributed by atoms with van der Waals surface area (Å²) < 4.78 is 4.75. The van der Waals surface area contributed by atoms with Crippen LogP contribution in [0.4, 0.5) is 0 Å². The highest BCUT2D eigenvalue weighted by atomic mass is 16.5. The van der Waals surface area contributed by atoms with E-state index in [1.54, 1.807) is 4.90 Å². The Hall–Kier alpha value is -1.92. The van der Waals surface area contributed by atoms with Crippen LogP contribution in [0.1, 0.15) is 50.3 Å². The van der Waals surface area contributed by atoms with Gasteiger partial charge in [-0.15, -0.1) is 0 Å². The van der Waals surface area contributed by atoms with Crippen LogP contribution in [0.5, 0.6) is 0 Å². The lowest BCUT2D eigenvalue weighted by Crippen LogP contribution is -2.44. The Balaban J connectivity index is 1.93. The minimum atomic E-state index is -0.613. The van der Waals surface area contributed by atoms with Crippen molar-refractivity contribution < 1.29 is 19.4 Å².